The smallest absolute Gasteiger partial charge is 0.334 e. The average Bonchev–Trinajstić information content (AvgIpc) is 2.73. The van der Waals surface area contributed by atoms with Gasteiger partial charge in [-0.1, -0.05) is 31.4 Å². The lowest BCUT2D eigenvalue weighted by Gasteiger charge is -2.12. The quantitative estimate of drug-likeness (QED) is 0.932. The number of halogens is 1. The molecule has 2 rings (SSSR count). The lowest BCUT2D eigenvalue weighted by molar-refractivity contribution is 0.240. The van der Waals surface area contributed by atoms with Crippen LogP contribution in [-0.2, 0) is 0 Å². The maximum atomic E-state index is 12.1. The predicted octanol–water partition coefficient (Wildman–Crippen LogP) is 3.85. The zero-order valence-corrected chi connectivity index (χ0v) is 13.1. The summed E-state index contributed by atoms with van der Waals surface area (Å²) in [5, 5.41) is 3.93. The Hall–Kier alpha value is -1.33. The van der Waals surface area contributed by atoms with Crippen molar-refractivity contribution >= 4 is 39.3 Å². The molecule has 0 aliphatic heterocycles. The number of amides is 1. The Morgan fingerprint density at radius 2 is 2.25 bits per heavy atom. The molecule has 0 saturated carbocycles. The molecule has 0 saturated heterocycles. The van der Waals surface area contributed by atoms with Crippen LogP contribution in [0.4, 0.5) is 4.79 Å². The van der Waals surface area contributed by atoms with Crippen LogP contribution in [-0.4, -0.2) is 16.0 Å². The van der Waals surface area contributed by atoms with Crippen LogP contribution in [0.1, 0.15) is 33.1 Å². The first-order chi connectivity index (χ1) is 9.52. The zero-order valence-electron chi connectivity index (χ0n) is 11.5. The van der Waals surface area contributed by atoms with Crippen LogP contribution in [0, 0.1) is 0 Å². The fourth-order valence-corrected chi connectivity index (χ4v) is 3.17. The maximum absolute atomic E-state index is 12.1. The number of hydrogen-bond acceptors (Lipinski definition) is 3. The van der Waals surface area contributed by atoms with Crippen LogP contribution >= 0.6 is 23.1 Å². The number of carbonyl (C=O) groups is 1. The normalized spacial score (nSPS) is 12.6. The third-order valence-electron chi connectivity index (χ3n) is 3.09. The average molecular weight is 313 g/mol. The van der Waals surface area contributed by atoms with E-state index in [4.69, 9.17) is 11.6 Å². The number of unbranched alkanes of at least 4 members (excludes halogenated alkanes) is 1. The van der Waals surface area contributed by atoms with E-state index in [2.05, 4.69) is 12.2 Å². The van der Waals surface area contributed by atoms with Crippen molar-refractivity contribution in [2.24, 2.45) is 0 Å². The summed E-state index contributed by atoms with van der Waals surface area (Å²) in [5.41, 5.74) is -0.290. The third kappa shape index (κ3) is 3.22. The third-order valence-corrected chi connectivity index (χ3v) is 4.38. The number of hydrogen-bond donors (Lipinski definition) is 1. The second kappa shape index (κ2) is 6.41. The minimum atomic E-state index is -0.365. The lowest BCUT2D eigenvalue weighted by Crippen LogP contribution is -2.38. The Kier molecular flexibility index (Phi) is 4.83. The second-order valence-electron chi connectivity index (χ2n) is 4.82. The SMILES string of the molecule is CCCCC(C)NC(=O)n1sc2cc(Cl)ccc2c1=O. The van der Waals surface area contributed by atoms with Crippen LogP contribution in [0.5, 0.6) is 0 Å². The largest absolute Gasteiger partial charge is 0.338 e. The minimum Gasteiger partial charge on any atom is -0.334 e. The van der Waals surface area contributed by atoms with Crippen molar-refractivity contribution in [3.63, 3.8) is 0 Å². The van der Waals surface area contributed by atoms with Crippen LogP contribution in [0.25, 0.3) is 10.1 Å². The second-order valence-corrected chi connectivity index (χ2v) is 6.25. The summed E-state index contributed by atoms with van der Waals surface area (Å²) in [5.74, 6) is 0. The first-order valence-electron chi connectivity index (χ1n) is 6.65. The molecule has 1 aromatic heterocycles. The van der Waals surface area contributed by atoms with Gasteiger partial charge in [0.1, 0.15) is 0 Å². The molecule has 1 heterocycles. The van der Waals surface area contributed by atoms with E-state index in [-0.39, 0.29) is 17.6 Å². The molecule has 0 spiro atoms. The highest BCUT2D eigenvalue weighted by molar-refractivity contribution is 7.14. The number of carbonyl (C=O) groups excluding carboxylic acids is 1. The number of fused-ring (bicyclic) bond motifs is 1. The van der Waals surface area contributed by atoms with Crippen molar-refractivity contribution in [2.75, 3.05) is 0 Å². The molecular weight excluding hydrogens is 296 g/mol. The molecule has 108 valence electrons. The standard InChI is InChI=1S/C14H17ClN2O2S/c1-3-4-5-9(2)16-14(19)17-13(18)11-7-6-10(15)8-12(11)20-17/h6-9H,3-5H2,1-2H3,(H,16,19). The Bertz CT molecular complexity index is 677. The van der Waals surface area contributed by atoms with Crippen molar-refractivity contribution in [2.45, 2.75) is 39.2 Å². The van der Waals surface area contributed by atoms with Gasteiger partial charge in [0, 0.05) is 11.1 Å². The van der Waals surface area contributed by atoms with Gasteiger partial charge in [0.25, 0.3) is 5.56 Å². The molecule has 1 atom stereocenters. The van der Waals surface area contributed by atoms with Crippen molar-refractivity contribution in [1.82, 2.24) is 9.27 Å². The monoisotopic (exact) mass is 312 g/mol. The molecule has 4 nitrogen and oxygen atoms in total. The van der Waals surface area contributed by atoms with Crippen LogP contribution in [0.2, 0.25) is 5.02 Å². The van der Waals surface area contributed by atoms with E-state index in [0.717, 1.165) is 39.5 Å². The summed E-state index contributed by atoms with van der Waals surface area (Å²) < 4.78 is 1.88. The van der Waals surface area contributed by atoms with Crippen molar-refractivity contribution in [1.29, 1.82) is 0 Å². The zero-order chi connectivity index (χ0) is 14.7. The molecule has 1 amide bonds. The van der Waals surface area contributed by atoms with Crippen LogP contribution in [0.3, 0.4) is 0 Å². The molecule has 0 fully saturated rings. The molecule has 20 heavy (non-hydrogen) atoms. The molecule has 1 N–H and O–H groups in total. The van der Waals surface area contributed by atoms with E-state index in [1.807, 2.05) is 6.92 Å². The predicted molar refractivity (Wildman–Crippen MR) is 84.0 cm³/mol. The highest BCUT2D eigenvalue weighted by Gasteiger charge is 2.15. The van der Waals surface area contributed by atoms with Gasteiger partial charge in [-0.05, 0) is 43.1 Å². The van der Waals surface area contributed by atoms with Gasteiger partial charge >= 0.3 is 6.03 Å². The minimum absolute atomic E-state index is 0.0585. The fourth-order valence-electron chi connectivity index (χ4n) is 1.98. The number of rotatable bonds is 4. The van der Waals surface area contributed by atoms with E-state index in [1.165, 1.54) is 0 Å². The lowest BCUT2D eigenvalue weighted by atomic mass is 10.1. The topological polar surface area (TPSA) is 51.1 Å². The molecule has 2 aromatic rings. The summed E-state index contributed by atoms with van der Waals surface area (Å²) >= 11 is 7.02. The fraction of sp³-hybridized carbons (Fsp3) is 0.429. The van der Waals surface area contributed by atoms with E-state index in [0.29, 0.717) is 10.4 Å². The number of benzene rings is 1. The Labute approximate surface area is 126 Å². The van der Waals surface area contributed by atoms with Gasteiger partial charge in [0.15, 0.2) is 0 Å². The summed E-state index contributed by atoms with van der Waals surface area (Å²) in [6.07, 6.45) is 3.05. The first-order valence-corrected chi connectivity index (χ1v) is 7.80. The van der Waals surface area contributed by atoms with Crippen molar-refractivity contribution in [3.8, 4) is 0 Å². The van der Waals surface area contributed by atoms with Crippen molar-refractivity contribution < 1.29 is 4.79 Å². The first kappa shape index (κ1) is 15.1. The van der Waals surface area contributed by atoms with Gasteiger partial charge < -0.3 is 5.32 Å². The van der Waals surface area contributed by atoms with E-state index >= 15 is 0 Å². The van der Waals surface area contributed by atoms with Gasteiger partial charge in [0.05, 0.1) is 10.1 Å². The molecule has 0 bridgehead atoms. The summed E-state index contributed by atoms with van der Waals surface area (Å²) in [7, 11) is 0. The van der Waals surface area contributed by atoms with E-state index < -0.39 is 0 Å². The highest BCUT2D eigenvalue weighted by Crippen LogP contribution is 2.21. The van der Waals surface area contributed by atoms with Gasteiger partial charge in [0.2, 0.25) is 0 Å². The van der Waals surface area contributed by atoms with Crippen LogP contribution < -0.4 is 10.9 Å². The van der Waals surface area contributed by atoms with Gasteiger partial charge in [-0.25, -0.2) is 4.79 Å². The van der Waals surface area contributed by atoms with Crippen molar-refractivity contribution in [3.05, 3.63) is 33.6 Å². The van der Waals surface area contributed by atoms with E-state index in [1.54, 1.807) is 18.2 Å². The molecule has 1 aromatic carbocycles. The van der Waals surface area contributed by atoms with Gasteiger partial charge in [-0.2, -0.15) is 3.96 Å². The summed E-state index contributed by atoms with van der Waals surface area (Å²) in [6, 6.07) is 4.71. The molecule has 6 heteroatoms. The molecular formula is C14H17ClN2O2S. The Morgan fingerprint density at radius 3 is 2.95 bits per heavy atom. The van der Waals surface area contributed by atoms with Crippen LogP contribution in [0.15, 0.2) is 23.0 Å². The number of aromatic nitrogens is 1. The Morgan fingerprint density at radius 1 is 1.50 bits per heavy atom. The molecule has 0 aliphatic rings. The Balaban J connectivity index is 2.22. The summed E-state index contributed by atoms with van der Waals surface area (Å²) in [4.78, 5) is 24.3. The molecule has 0 radical (unpaired) electrons. The maximum Gasteiger partial charge on any atom is 0.338 e. The number of nitrogens with one attached hydrogen (secondary N) is 1. The summed E-state index contributed by atoms with van der Waals surface area (Å²) in [6.45, 7) is 4.05. The van der Waals surface area contributed by atoms with Gasteiger partial charge in [-0.3, -0.25) is 4.79 Å². The number of nitrogens with zero attached hydrogens (tertiary/aromatic N) is 1. The van der Waals surface area contributed by atoms with Gasteiger partial charge in [-0.15, -0.1) is 0 Å². The molecule has 0 aliphatic carbocycles. The van der Waals surface area contributed by atoms with E-state index in [9.17, 15) is 9.59 Å². The molecule has 1 unspecified atom stereocenters. The highest BCUT2D eigenvalue weighted by atomic mass is 35.5.